The molecular formula is C17H23NO6S. The summed E-state index contributed by atoms with van der Waals surface area (Å²) < 4.78 is 28.5. The van der Waals surface area contributed by atoms with E-state index in [0.29, 0.717) is 6.61 Å². The Balaban J connectivity index is 2.24. The first-order valence-corrected chi connectivity index (χ1v) is 9.82. The molecule has 1 fully saturated rings. The summed E-state index contributed by atoms with van der Waals surface area (Å²) in [5.74, 6) is -1.68. The molecule has 2 atom stereocenters. The van der Waals surface area contributed by atoms with Gasteiger partial charge in [0.1, 0.15) is 5.54 Å². The topological polar surface area (TPSA) is 110 Å². The Kier molecular flexibility index (Phi) is 4.98. The number of carboxylic acid groups (broad SMARTS) is 1. The number of hydrogen-bond acceptors (Lipinski definition) is 5. The Morgan fingerprint density at radius 3 is 2.24 bits per heavy atom. The first kappa shape index (κ1) is 19.4. The Hall–Kier alpha value is -1.93. The van der Waals surface area contributed by atoms with E-state index in [2.05, 4.69) is 5.32 Å². The number of amides is 1. The Bertz CT molecular complexity index is 784. The molecule has 0 aromatic heterocycles. The molecule has 2 unspecified atom stereocenters. The van der Waals surface area contributed by atoms with Gasteiger partial charge in [-0.05, 0) is 31.2 Å². The number of aliphatic carboxylic acids is 1. The second kappa shape index (κ2) is 6.42. The van der Waals surface area contributed by atoms with E-state index in [-0.39, 0.29) is 23.0 Å². The molecule has 1 aliphatic carbocycles. The van der Waals surface area contributed by atoms with Crippen LogP contribution in [-0.4, -0.2) is 49.9 Å². The third-order valence-corrected chi connectivity index (χ3v) is 6.13. The second-order valence-electron chi connectivity index (χ2n) is 6.83. The number of carboxylic acids is 1. The van der Waals surface area contributed by atoms with E-state index in [9.17, 15) is 23.1 Å². The van der Waals surface area contributed by atoms with Crippen LogP contribution in [0.1, 0.15) is 37.6 Å². The number of hydrogen-bond donors (Lipinski definition) is 2. The van der Waals surface area contributed by atoms with Crippen molar-refractivity contribution < 1.29 is 27.9 Å². The van der Waals surface area contributed by atoms with Gasteiger partial charge in [0, 0.05) is 30.3 Å². The lowest BCUT2D eigenvalue weighted by Gasteiger charge is -2.58. The van der Waals surface area contributed by atoms with Crippen LogP contribution >= 0.6 is 0 Å². The predicted molar refractivity (Wildman–Crippen MR) is 91.2 cm³/mol. The van der Waals surface area contributed by atoms with Gasteiger partial charge in [-0.15, -0.1) is 0 Å². The van der Waals surface area contributed by atoms with Crippen LogP contribution in [0, 0.1) is 5.41 Å². The van der Waals surface area contributed by atoms with Crippen LogP contribution in [0.25, 0.3) is 0 Å². The molecule has 138 valence electrons. The fourth-order valence-corrected chi connectivity index (χ4v) is 3.79. The molecule has 1 aromatic carbocycles. The van der Waals surface area contributed by atoms with E-state index in [4.69, 9.17) is 4.74 Å². The summed E-state index contributed by atoms with van der Waals surface area (Å²) in [6, 6.07) is 5.39. The number of ether oxygens (including phenoxy) is 1. The van der Waals surface area contributed by atoms with Gasteiger partial charge >= 0.3 is 5.97 Å². The highest BCUT2D eigenvalue weighted by Crippen LogP contribution is 2.51. The Morgan fingerprint density at radius 2 is 1.84 bits per heavy atom. The lowest BCUT2D eigenvalue weighted by molar-refractivity contribution is -0.190. The summed E-state index contributed by atoms with van der Waals surface area (Å²) in [4.78, 5) is 24.5. The van der Waals surface area contributed by atoms with Gasteiger partial charge in [-0.25, -0.2) is 13.2 Å². The number of carbonyl (C=O) groups is 2. The van der Waals surface area contributed by atoms with Crippen molar-refractivity contribution >= 4 is 21.7 Å². The molecule has 1 aliphatic rings. The molecule has 0 spiro atoms. The Morgan fingerprint density at radius 1 is 1.28 bits per heavy atom. The van der Waals surface area contributed by atoms with Gasteiger partial charge in [-0.1, -0.05) is 13.8 Å². The first-order valence-electron chi connectivity index (χ1n) is 7.93. The summed E-state index contributed by atoms with van der Waals surface area (Å²) in [7, 11) is -3.36. The maximum atomic E-state index is 12.5. The molecule has 7 nitrogen and oxygen atoms in total. The van der Waals surface area contributed by atoms with Gasteiger partial charge < -0.3 is 15.2 Å². The van der Waals surface area contributed by atoms with Crippen LogP contribution in [-0.2, 0) is 19.4 Å². The molecule has 1 aromatic rings. The quantitative estimate of drug-likeness (QED) is 0.786. The number of benzene rings is 1. The lowest BCUT2D eigenvalue weighted by Crippen LogP contribution is -2.76. The zero-order valence-electron chi connectivity index (χ0n) is 14.7. The highest BCUT2D eigenvalue weighted by molar-refractivity contribution is 7.90. The maximum absolute atomic E-state index is 12.5. The minimum atomic E-state index is -3.36. The molecule has 0 heterocycles. The van der Waals surface area contributed by atoms with E-state index >= 15 is 0 Å². The third-order valence-electron chi connectivity index (χ3n) is 5.00. The molecule has 0 bridgehead atoms. The summed E-state index contributed by atoms with van der Waals surface area (Å²) in [6.07, 6.45) is 0.990. The van der Waals surface area contributed by atoms with Gasteiger partial charge in [0.25, 0.3) is 5.91 Å². The molecule has 0 saturated heterocycles. The number of sulfone groups is 1. The van der Waals surface area contributed by atoms with Crippen molar-refractivity contribution in [3.05, 3.63) is 29.8 Å². The van der Waals surface area contributed by atoms with Gasteiger partial charge in [-0.2, -0.15) is 0 Å². The summed E-state index contributed by atoms with van der Waals surface area (Å²) in [5.41, 5.74) is -2.01. The van der Waals surface area contributed by atoms with Gasteiger partial charge in [-0.3, -0.25) is 4.79 Å². The lowest BCUT2D eigenvalue weighted by atomic mass is 9.54. The van der Waals surface area contributed by atoms with E-state index in [0.717, 1.165) is 6.26 Å². The standard InChI is InChI=1S/C17H23NO6S/c1-5-24-13-10-17(15(20)21,16(13,2)3)18-14(19)11-6-8-12(9-7-11)25(4,22)23/h6-9,13H,5,10H2,1-4H3,(H,18,19)(H,20,21). The van der Waals surface area contributed by atoms with Crippen LogP contribution in [0.5, 0.6) is 0 Å². The normalized spacial score (nSPS) is 25.0. The molecule has 2 rings (SSSR count). The molecule has 1 saturated carbocycles. The monoisotopic (exact) mass is 369 g/mol. The van der Waals surface area contributed by atoms with Crippen LogP contribution in [0.3, 0.4) is 0 Å². The van der Waals surface area contributed by atoms with Gasteiger partial charge in [0.2, 0.25) is 0 Å². The van der Waals surface area contributed by atoms with Crippen molar-refractivity contribution in [2.24, 2.45) is 5.41 Å². The Labute approximate surface area is 147 Å². The van der Waals surface area contributed by atoms with Gasteiger partial charge in [0.05, 0.1) is 11.0 Å². The average Bonchev–Trinajstić information content (AvgIpc) is 2.52. The SMILES string of the molecule is CCOC1CC(NC(=O)c2ccc(S(C)(=O)=O)cc2)(C(=O)O)C1(C)C. The fraction of sp³-hybridized carbons (Fsp3) is 0.529. The number of nitrogens with one attached hydrogen (secondary N) is 1. The highest BCUT2D eigenvalue weighted by Gasteiger charge is 2.66. The maximum Gasteiger partial charge on any atom is 0.330 e. The molecule has 25 heavy (non-hydrogen) atoms. The highest BCUT2D eigenvalue weighted by atomic mass is 32.2. The van der Waals surface area contributed by atoms with Crippen molar-refractivity contribution in [3.8, 4) is 0 Å². The van der Waals surface area contributed by atoms with E-state index in [1.807, 2.05) is 6.92 Å². The zero-order chi connectivity index (χ0) is 19.0. The smallest absolute Gasteiger partial charge is 0.330 e. The number of rotatable bonds is 6. The fourth-order valence-electron chi connectivity index (χ4n) is 3.16. The molecule has 8 heteroatoms. The minimum absolute atomic E-state index is 0.0948. The van der Waals surface area contributed by atoms with Crippen molar-refractivity contribution in [1.29, 1.82) is 0 Å². The van der Waals surface area contributed by atoms with Gasteiger partial charge in [0.15, 0.2) is 9.84 Å². The van der Waals surface area contributed by atoms with E-state index < -0.39 is 32.7 Å². The van der Waals surface area contributed by atoms with Crippen molar-refractivity contribution in [2.45, 2.75) is 43.7 Å². The molecule has 2 N–H and O–H groups in total. The second-order valence-corrected chi connectivity index (χ2v) is 8.85. The van der Waals surface area contributed by atoms with Crippen molar-refractivity contribution in [1.82, 2.24) is 5.32 Å². The minimum Gasteiger partial charge on any atom is -0.479 e. The molecule has 0 aliphatic heterocycles. The average molecular weight is 369 g/mol. The number of carbonyl (C=O) groups excluding carboxylic acids is 1. The summed E-state index contributed by atoms with van der Waals surface area (Å²) >= 11 is 0. The molecule has 0 radical (unpaired) electrons. The predicted octanol–water partition coefficient (Wildman–Crippen LogP) is 1.48. The zero-order valence-corrected chi connectivity index (χ0v) is 15.5. The summed E-state index contributed by atoms with van der Waals surface area (Å²) in [5, 5.41) is 12.3. The van der Waals surface area contributed by atoms with Crippen molar-refractivity contribution in [2.75, 3.05) is 12.9 Å². The third kappa shape index (κ3) is 3.28. The van der Waals surface area contributed by atoms with E-state index in [1.54, 1.807) is 13.8 Å². The van der Waals surface area contributed by atoms with Crippen LogP contribution < -0.4 is 5.32 Å². The van der Waals surface area contributed by atoms with Crippen LogP contribution in [0.15, 0.2) is 29.2 Å². The summed E-state index contributed by atoms with van der Waals surface area (Å²) in [6.45, 7) is 5.79. The first-order chi connectivity index (χ1) is 11.5. The van der Waals surface area contributed by atoms with Crippen LogP contribution in [0.2, 0.25) is 0 Å². The van der Waals surface area contributed by atoms with Crippen molar-refractivity contribution in [3.63, 3.8) is 0 Å². The van der Waals surface area contributed by atoms with Crippen LogP contribution in [0.4, 0.5) is 0 Å². The largest absolute Gasteiger partial charge is 0.479 e. The molecular weight excluding hydrogens is 346 g/mol. The molecule has 1 amide bonds. The van der Waals surface area contributed by atoms with E-state index in [1.165, 1.54) is 24.3 Å².